The summed E-state index contributed by atoms with van der Waals surface area (Å²) in [5.74, 6) is 0.956. The summed E-state index contributed by atoms with van der Waals surface area (Å²) in [5, 5.41) is 0. The largest absolute Gasteiger partial charge is 0.348 e. The number of aromatic nitrogens is 3. The number of aromatic amines is 1. The van der Waals surface area contributed by atoms with Crippen molar-refractivity contribution in [1.82, 2.24) is 19.9 Å². The van der Waals surface area contributed by atoms with Crippen LogP contribution < -0.4 is 0 Å². The van der Waals surface area contributed by atoms with Gasteiger partial charge in [0.25, 0.3) is 0 Å². The van der Waals surface area contributed by atoms with Crippen LogP contribution in [0.5, 0.6) is 0 Å². The number of hydrogen-bond acceptors (Lipinski definition) is 4. The molecule has 0 aliphatic heterocycles. The first-order valence-corrected chi connectivity index (χ1v) is 7.63. The fourth-order valence-corrected chi connectivity index (χ4v) is 2.65. The van der Waals surface area contributed by atoms with Crippen LogP contribution in [0.15, 0.2) is 66.0 Å². The lowest BCUT2D eigenvalue weighted by Crippen LogP contribution is -2.23. The van der Waals surface area contributed by atoms with E-state index in [9.17, 15) is 0 Å². The van der Waals surface area contributed by atoms with Crippen LogP contribution >= 0.6 is 12.6 Å². The van der Waals surface area contributed by atoms with Crippen LogP contribution in [0.1, 0.15) is 17.1 Å². The Morgan fingerprint density at radius 1 is 0.955 bits per heavy atom. The van der Waals surface area contributed by atoms with Gasteiger partial charge in [-0.2, -0.15) is 0 Å². The summed E-state index contributed by atoms with van der Waals surface area (Å²) in [6.07, 6.45) is 5.46. The monoisotopic (exact) mass is 310 g/mol. The molecule has 0 fully saturated rings. The first-order valence-electron chi connectivity index (χ1n) is 7.18. The number of thiol groups is 1. The van der Waals surface area contributed by atoms with Gasteiger partial charge in [0.15, 0.2) is 0 Å². The van der Waals surface area contributed by atoms with E-state index in [0.29, 0.717) is 0 Å². The predicted octanol–water partition coefficient (Wildman–Crippen LogP) is 3.30. The predicted molar refractivity (Wildman–Crippen MR) is 89.5 cm³/mol. The van der Waals surface area contributed by atoms with Gasteiger partial charge in [-0.15, -0.1) is 12.6 Å². The van der Waals surface area contributed by atoms with E-state index < -0.39 is 0 Å². The second-order valence-electron chi connectivity index (χ2n) is 5.17. The summed E-state index contributed by atoms with van der Waals surface area (Å²) in [4.78, 5) is 15.2. The fourth-order valence-electron chi connectivity index (χ4n) is 2.40. The summed E-state index contributed by atoms with van der Waals surface area (Å²) in [6.45, 7) is 2.35. The molecule has 0 radical (unpaired) electrons. The number of pyridine rings is 1. The maximum Gasteiger partial charge on any atom is 0.120 e. The quantitative estimate of drug-likeness (QED) is 0.687. The van der Waals surface area contributed by atoms with Gasteiger partial charge in [0.1, 0.15) is 5.82 Å². The van der Waals surface area contributed by atoms with Gasteiger partial charge in [-0.1, -0.05) is 18.2 Å². The van der Waals surface area contributed by atoms with Crippen molar-refractivity contribution in [2.75, 3.05) is 0 Å². The van der Waals surface area contributed by atoms with Crippen LogP contribution in [0, 0.1) is 0 Å². The van der Waals surface area contributed by atoms with E-state index in [1.807, 2.05) is 42.7 Å². The zero-order chi connectivity index (χ0) is 15.2. The van der Waals surface area contributed by atoms with E-state index in [-0.39, 0.29) is 0 Å². The maximum absolute atomic E-state index is 4.42. The molecular weight excluding hydrogens is 292 g/mol. The first kappa shape index (κ1) is 14.8. The Hall–Kier alpha value is -2.11. The Labute approximate surface area is 135 Å². The molecule has 0 amide bonds. The zero-order valence-corrected chi connectivity index (χ0v) is 13.1. The first-order chi connectivity index (χ1) is 10.8. The molecule has 0 saturated heterocycles. The number of hydrogen-bond donors (Lipinski definition) is 2. The summed E-state index contributed by atoms with van der Waals surface area (Å²) in [5.41, 5.74) is 2.28. The summed E-state index contributed by atoms with van der Waals surface area (Å²) < 4.78 is 0. The molecule has 0 aliphatic carbocycles. The molecule has 2 aromatic heterocycles. The highest BCUT2D eigenvalue weighted by Crippen LogP contribution is 2.14. The summed E-state index contributed by atoms with van der Waals surface area (Å²) in [6, 6.07) is 14.2. The van der Waals surface area contributed by atoms with Gasteiger partial charge in [0.2, 0.25) is 0 Å². The molecule has 0 spiro atoms. The van der Waals surface area contributed by atoms with Crippen LogP contribution in [-0.2, 0) is 19.6 Å². The second-order valence-corrected chi connectivity index (χ2v) is 5.69. The highest BCUT2D eigenvalue weighted by Gasteiger charge is 2.10. The smallest absolute Gasteiger partial charge is 0.120 e. The minimum atomic E-state index is 0.750. The van der Waals surface area contributed by atoms with Crippen LogP contribution in [-0.4, -0.2) is 19.9 Å². The molecule has 1 N–H and O–H groups in total. The molecular formula is C17H18N4S. The van der Waals surface area contributed by atoms with E-state index in [2.05, 4.69) is 44.6 Å². The number of nitrogens with one attached hydrogen (secondary N) is 1. The highest BCUT2D eigenvalue weighted by molar-refractivity contribution is 7.80. The lowest BCUT2D eigenvalue weighted by Gasteiger charge is -2.21. The minimum Gasteiger partial charge on any atom is -0.348 e. The van der Waals surface area contributed by atoms with Gasteiger partial charge >= 0.3 is 0 Å². The van der Waals surface area contributed by atoms with Crippen molar-refractivity contribution in [3.05, 3.63) is 78.1 Å². The molecule has 0 atom stereocenters. The average molecular weight is 310 g/mol. The van der Waals surface area contributed by atoms with E-state index >= 15 is 0 Å². The molecule has 0 unspecified atom stereocenters. The van der Waals surface area contributed by atoms with E-state index in [1.165, 1.54) is 5.56 Å². The average Bonchev–Trinajstić information content (AvgIpc) is 3.01. The third-order valence-corrected chi connectivity index (χ3v) is 3.63. The standard InChI is InChI=1S/C17H18N4S/c22-16-6-3-4-14(10-16)11-21(13-17-19-8-9-20-17)12-15-5-1-2-7-18-15/h1-10,22H,11-13H2,(H,19,20). The normalized spacial score (nSPS) is 11.0. The molecule has 112 valence electrons. The van der Waals surface area contributed by atoms with Crippen LogP contribution in [0.3, 0.4) is 0 Å². The molecule has 4 nitrogen and oxygen atoms in total. The van der Waals surface area contributed by atoms with Gasteiger partial charge in [-0.25, -0.2) is 4.98 Å². The van der Waals surface area contributed by atoms with Crippen molar-refractivity contribution < 1.29 is 0 Å². The Kier molecular flexibility index (Phi) is 4.88. The van der Waals surface area contributed by atoms with Crippen molar-refractivity contribution in [3.8, 4) is 0 Å². The number of H-pyrrole nitrogens is 1. The molecule has 0 aliphatic rings. The third-order valence-electron chi connectivity index (χ3n) is 3.36. The third kappa shape index (κ3) is 4.19. The molecule has 1 aromatic carbocycles. The number of rotatable bonds is 6. The van der Waals surface area contributed by atoms with Crippen molar-refractivity contribution in [3.63, 3.8) is 0 Å². The number of nitrogens with zero attached hydrogens (tertiary/aromatic N) is 3. The van der Waals surface area contributed by atoms with Crippen LogP contribution in [0.4, 0.5) is 0 Å². The summed E-state index contributed by atoms with van der Waals surface area (Å²) >= 11 is 4.42. The van der Waals surface area contributed by atoms with Crippen LogP contribution in [0.25, 0.3) is 0 Å². The molecule has 22 heavy (non-hydrogen) atoms. The lowest BCUT2D eigenvalue weighted by atomic mass is 10.2. The molecule has 5 heteroatoms. The molecule has 3 aromatic rings. The SMILES string of the molecule is Sc1cccc(CN(Cc2ccccn2)Cc2ncc[nH]2)c1. The maximum atomic E-state index is 4.42. The van der Waals surface area contributed by atoms with Crippen molar-refractivity contribution >= 4 is 12.6 Å². The molecule has 3 rings (SSSR count). The van der Waals surface area contributed by atoms with Gasteiger partial charge in [-0.05, 0) is 29.8 Å². The molecule has 0 bridgehead atoms. The lowest BCUT2D eigenvalue weighted by molar-refractivity contribution is 0.239. The van der Waals surface area contributed by atoms with Crippen molar-refractivity contribution in [2.45, 2.75) is 24.5 Å². The number of benzene rings is 1. The van der Waals surface area contributed by atoms with Gasteiger partial charge < -0.3 is 4.98 Å². The van der Waals surface area contributed by atoms with Gasteiger partial charge in [-0.3, -0.25) is 9.88 Å². The summed E-state index contributed by atoms with van der Waals surface area (Å²) in [7, 11) is 0. The van der Waals surface area contributed by atoms with E-state index in [0.717, 1.165) is 36.0 Å². The Morgan fingerprint density at radius 3 is 2.64 bits per heavy atom. The van der Waals surface area contributed by atoms with Gasteiger partial charge in [0.05, 0.1) is 12.2 Å². The molecule has 0 saturated carbocycles. The Balaban J connectivity index is 1.76. The van der Waals surface area contributed by atoms with E-state index in [1.54, 1.807) is 6.20 Å². The number of imidazole rings is 1. The van der Waals surface area contributed by atoms with Crippen molar-refractivity contribution in [1.29, 1.82) is 0 Å². The van der Waals surface area contributed by atoms with Crippen LogP contribution in [0.2, 0.25) is 0 Å². The Bertz CT molecular complexity index is 698. The second kappa shape index (κ2) is 7.24. The van der Waals surface area contributed by atoms with Crippen molar-refractivity contribution in [2.24, 2.45) is 0 Å². The molecule has 2 heterocycles. The van der Waals surface area contributed by atoms with E-state index in [4.69, 9.17) is 0 Å². The topological polar surface area (TPSA) is 44.8 Å². The highest BCUT2D eigenvalue weighted by atomic mass is 32.1. The Morgan fingerprint density at radius 2 is 1.91 bits per heavy atom. The van der Waals surface area contributed by atoms with Gasteiger partial charge in [0, 0.05) is 36.6 Å². The zero-order valence-electron chi connectivity index (χ0n) is 12.2. The minimum absolute atomic E-state index is 0.750. The fraction of sp³-hybridized carbons (Fsp3) is 0.176.